The number of hydrogen-bond donors (Lipinski definition) is 2. The predicted octanol–water partition coefficient (Wildman–Crippen LogP) is 3.61. The zero-order chi connectivity index (χ0) is 18.8. The molecule has 0 radical (unpaired) electrons. The molecule has 0 spiro atoms. The van der Waals surface area contributed by atoms with E-state index in [1.165, 1.54) is 5.56 Å². The van der Waals surface area contributed by atoms with E-state index in [0.717, 1.165) is 34.7 Å². The third-order valence-electron chi connectivity index (χ3n) is 4.93. The minimum atomic E-state index is -0.161. The number of amides is 1. The highest BCUT2D eigenvalue weighted by Crippen LogP contribution is 2.33. The van der Waals surface area contributed by atoms with Crippen molar-refractivity contribution < 1.29 is 9.90 Å². The monoisotopic (exact) mass is 381 g/mol. The van der Waals surface area contributed by atoms with E-state index in [-0.39, 0.29) is 18.6 Å². The number of aliphatic hydroxyl groups is 1. The van der Waals surface area contributed by atoms with E-state index in [2.05, 4.69) is 10.4 Å². The topological polar surface area (TPSA) is 67.2 Å². The van der Waals surface area contributed by atoms with Crippen LogP contribution < -0.4 is 5.32 Å². The first kappa shape index (κ1) is 17.8. The predicted molar refractivity (Wildman–Crippen MR) is 105 cm³/mol. The highest BCUT2D eigenvalue weighted by atomic mass is 35.5. The minimum absolute atomic E-state index is 0.0328. The third kappa shape index (κ3) is 3.48. The summed E-state index contributed by atoms with van der Waals surface area (Å²) in [6.45, 7) is 0.293. The van der Waals surface area contributed by atoms with Crippen molar-refractivity contribution in [1.82, 2.24) is 15.1 Å². The van der Waals surface area contributed by atoms with Crippen molar-refractivity contribution >= 4 is 17.5 Å². The van der Waals surface area contributed by atoms with Crippen molar-refractivity contribution in [2.45, 2.75) is 25.4 Å². The maximum Gasteiger partial charge on any atom is 0.255 e. The Morgan fingerprint density at radius 2 is 2.07 bits per heavy atom. The van der Waals surface area contributed by atoms with Gasteiger partial charge in [0.2, 0.25) is 0 Å². The van der Waals surface area contributed by atoms with Crippen LogP contribution in [0, 0.1) is 0 Å². The first-order valence-electron chi connectivity index (χ1n) is 8.98. The summed E-state index contributed by atoms with van der Waals surface area (Å²) in [5, 5.41) is 17.5. The van der Waals surface area contributed by atoms with Crippen molar-refractivity contribution in [1.29, 1.82) is 0 Å². The Kier molecular flexibility index (Phi) is 4.97. The van der Waals surface area contributed by atoms with Gasteiger partial charge in [-0.3, -0.25) is 9.48 Å². The second-order valence-electron chi connectivity index (χ2n) is 6.63. The molecule has 1 heterocycles. The van der Waals surface area contributed by atoms with Gasteiger partial charge >= 0.3 is 0 Å². The molecule has 0 bridgehead atoms. The maximum atomic E-state index is 13.0. The zero-order valence-corrected chi connectivity index (χ0v) is 15.5. The molecule has 0 aliphatic heterocycles. The van der Waals surface area contributed by atoms with Gasteiger partial charge < -0.3 is 10.4 Å². The van der Waals surface area contributed by atoms with Gasteiger partial charge in [-0.25, -0.2) is 0 Å². The lowest BCUT2D eigenvalue weighted by molar-refractivity contribution is 0.0937. The number of aromatic nitrogens is 2. The molecular weight excluding hydrogens is 362 g/mol. The Balaban J connectivity index is 1.64. The van der Waals surface area contributed by atoms with Crippen LogP contribution in [0.3, 0.4) is 0 Å². The first-order valence-corrected chi connectivity index (χ1v) is 9.36. The van der Waals surface area contributed by atoms with Gasteiger partial charge in [0, 0.05) is 10.6 Å². The number of carbonyl (C=O) groups is 1. The van der Waals surface area contributed by atoms with Gasteiger partial charge in [-0.15, -0.1) is 0 Å². The Morgan fingerprint density at radius 3 is 2.85 bits per heavy atom. The number of aliphatic hydroxyl groups excluding tert-OH is 1. The largest absolute Gasteiger partial charge is 0.394 e. The molecule has 0 saturated heterocycles. The molecule has 5 nitrogen and oxygen atoms in total. The zero-order valence-electron chi connectivity index (χ0n) is 14.7. The number of rotatable bonds is 5. The van der Waals surface area contributed by atoms with E-state index in [4.69, 9.17) is 11.6 Å². The van der Waals surface area contributed by atoms with Gasteiger partial charge in [-0.05, 0) is 36.1 Å². The molecule has 27 heavy (non-hydrogen) atoms. The lowest BCUT2D eigenvalue weighted by atomic mass is 10.1. The van der Waals surface area contributed by atoms with Crippen LogP contribution in [0.4, 0.5) is 0 Å². The molecule has 1 aromatic heterocycles. The fourth-order valence-corrected chi connectivity index (χ4v) is 3.88. The molecule has 1 amide bonds. The lowest BCUT2D eigenvalue weighted by Gasteiger charge is -2.15. The average molecular weight is 382 g/mol. The number of aryl methyl sites for hydroxylation is 1. The summed E-state index contributed by atoms with van der Waals surface area (Å²) in [5.41, 5.74) is 4.43. The molecule has 1 aliphatic rings. The Labute approximate surface area is 162 Å². The van der Waals surface area contributed by atoms with Crippen LogP contribution in [-0.2, 0) is 13.0 Å². The lowest BCUT2D eigenvalue weighted by Crippen LogP contribution is -2.27. The van der Waals surface area contributed by atoms with Gasteiger partial charge in [-0.2, -0.15) is 5.10 Å². The number of benzene rings is 2. The van der Waals surface area contributed by atoms with Crippen molar-refractivity contribution in [3.63, 3.8) is 0 Å². The van der Waals surface area contributed by atoms with Crippen LogP contribution >= 0.6 is 11.6 Å². The second-order valence-corrected chi connectivity index (χ2v) is 7.06. The molecule has 4 rings (SSSR count). The summed E-state index contributed by atoms with van der Waals surface area (Å²) in [5.74, 6) is -0.161. The smallest absolute Gasteiger partial charge is 0.255 e. The van der Waals surface area contributed by atoms with Crippen molar-refractivity contribution in [3.8, 4) is 11.3 Å². The minimum Gasteiger partial charge on any atom is -0.394 e. The van der Waals surface area contributed by atoms with Gasteiger partial charge in [0.1, 0.15) is 0 Å². The summed E-state index contributed by atoms with van der Waals surface area (Å²) in [6, 6.07) is 15.4. The number of fused-ring (bicyclic) bond motifs is 1. The number of nitrogens with zero attached hydrogens (tertiary/aromatic N) is 2. The summed E-state index contributed by atoms with van der Waals surface area (Å²) in [7, 11) is 0. The summed E-state index contributed by atoms with van der Waals surface area (Å²) in [4.78, 5) is 13.0. The van der Waals surface area contributed by atoms with E-state index < -0.39 is 0 Å². The Bertz CT molecular complexity index is 969. The van der Waals surface area contributed by atoms with E-state index in [1.807, 2.05) is 48.5 Å². The SMILES string of the molecule is O=C(N[C@@H]1CCc2cc(Cl)ccc21)c1cnn(CCO)c1-c1ccccc1. The van der Waals surface area contributed by atoms with Crippen LogP contribution in [0.2, 0.25) is 5.02 Å². The molecule has 0 unspecified atom stereocenters. The number of hydrogen-bond acceptors (Lipinski definition) is 3. The van der Waals surface area contributed by atoms with Crippen molar-refractivity contribution in [2.75, 3.05) is 6.61 Å². The molecule has 6 heteroatoms. The molecule has 2 aromatic carbocycles. The standard InChI is InChI=1S/C21H20ClN3O2/c22-16-7-8-17-15(12-16)6-9-19(17)24-21(27)18-13-23-25(10-11-26)20(18)14-4-2-1-3-5-14/h1-5,7-8,12-13,19,26H,6,9-11H2,(H,24,27)/t19-/m1/s1. The van der Waals surface area contributed by atoms with E-state index >= 15 is 0 Å². The first-order chi connectivity index (χ1) is 13.2. The highest BCUT2D eigenvalue weighted by molar-refractivity contribution is 6.30. The second kappa shape index (κ2) is 7.55. The van der Waals surface area contributed by atoms with Gasteiger partial charge in [-0.1, -0.05) is 48.0 Å². The fraction of sp³-hybridized carbons (Fsp3) is 0.238. The van der Waals surface area contributed by atoms with Crippen LogP contribution in [0.1, 0.15) is 33.9 Å². The van der Waals surface area contributed by atoms with Gasteiger partial charge in [0.15, 0.2) is 0 Å². The van der Waals surface area contributed by atoms with Crippen LogP contribution in [-0.4, -0.2) is 27.4 Å². The third-order valence-corrected chi connectivity index (χ3v) is 5.17. The highest BCUT2D eigenvalue weighted by Gasteiger charge is 2.26. The van der Waals surface area contributed by atoms with Crippen LogP contribution in [0.25, 0.3) is 11.3 Å². The van der Waals surface area contributed by atoms with Crippen LogP contribution in [0.5, 0.6) is 0 Å². The van der Waals surface area contributed by atoms with Crippen LogP contribution in [0.15, 0.2) is 54.7 Å². The summed E-state index contributed by atoms with van der Waals surface area (Å²) < 4.78 is 1.67. The van der Waals surface area contributed by atoms with E-state index in [0.29, 0.717) is 12.1 Å². The molecule has 0 fully saturated rings. The molecular formula is C21H20ClN3O2. The molecule has 2 N–H and O–H groups in total. The number of carbonyl (C=O) groups excluding carboxylic acids is 1. The Hall–Kier alpha value is -2.63. The molecule has 3 aromatic rings. The average Bonchev–Trinajstić information content (AvgIpc) is 3.27. The molecule has 138 valence electrons. The fourth-order valence-electron chi connectivity index (χ4n) is 3.69. The van der Waals surface area contributed by atoms with Crippen molar-refractivity contribution in [3.05, 3.63) is 76.4 Å². The Morgan fingerprint density at radius 1 is 1.26 bits per heavy atom. The summed E-state index contributed by atoms with van der Waals surface area (Å²) in [6.07, 6.45) is 3.33. The molecule has 1 atom stereocenters. The van der Waals surface area contributed by atoms with Gasteiger partial charge in [0.05, 0.1) is 36.6 Å². The maximum absolute atomic E-state index is 13.0. The van der Waals surface area contributed by atoms with Crippen molar-refractivity contribution in [2.24, 2.45) is 0 Å². The normalized spacial score (nSPS) is 15.6. The summed E-state index contributed by atoms with van der Waals surface area (Å²) >= 11 is 6.07. The molecule has 1 aliphatic carbocycles. The van der Waals surface area contributed by atoms with Gasteiger partial charge in [0.25, 0.3) is 5.91 Å². The van der Waals surface area contributed by atoms with E-state index in [1.54, 1.807) is 10.9 Å². The molecule has 0 saturated carbocycles. The number of nitrogens with one attached hydrogen (secondary N) is 1. The van der Waals surface area contributed by atoms with E-state index in [9.17, 15) is 9.90 Å². The quantitative estimate of drug-likeness (QED) is 0.709. The number of halogens is 1.